The van der Waals surface area contributed by atoms with E-state index in [4.69, 9.17) is 11.0 Å². The van der Waals surface area contributed by atoms with Crippen molar-refractivity contribution in [3.05, 3.63) is 21.9 Å². The summed E-state index contributed by atoms with van der Waals surface area (Å²) < 4.78 is 25.6. The average molecular weight is 200 g/mol. The zero-order valence-electron chi connectivity index (χ0n) is 6.55. The number of thiophene rings is 1. The molecule has 5 heteroatoms. The third-order valence-electron chi connectivity index (χ3n) is 2.18. The second-order valence-corrected chi connectivity index (χ2v) is 4.21. The van der Waals surface area contributed by atoms with Crippen LogP contribution in [0, 0.1) is 11.3 Å². The van der Waals surface area contributed by atoms with Crippen molar-refractivity contribution in [2.24, 2.45) is 5.73 Å². The summed E-state index contributed by atoms with van der Waals surface area (Å²) in [5, 5.41) is 8.50. The van der Waals surface area contributed by atoms with E-state index in [0.29, 0.717) is 9.75 Å². The molecular weight excluding hydrogens is 194 g/mol. The topological polar surface area (TPSA) is 49.8 Å². The molecule has 2 nitrogen and oxygen atoms in total. The van der Waals surface area contributed by atoms with Crippen LogP contribution >= 0.6 is 11.3 Å². The predicted octanol–water partition coefficient (Wildman–Crippen LogP) is 1.81. The quantitative estimate of drug-likeness (QED) is 0.751. The highest BCUT2D eigenvalue weighted by Gasteiger charge is 2.70. The van der Waals surface area contributed by atoms with Gasteiger partial charge in [0.2, 0.25) is 0 Å². The van der Waals surface area contributed by atoms with Gasteiger partial charge in [0, 0.05) is 11.3 Å². The molecule has 1 aromatic rings. The van der Waals surface area contributed by atoms with E-state index in [-0.39, 0.29) is 6.42 Å². The van der Waals surface area contributed by atoms with Crippen molar-refractivity contribution >= 4 is 11.3 Å². The fourth-order valence-corrected chi connectivity index (χ4v) is 2.17. The molecule has 0 aromatic carbocycles. The highest BCUT2D eigenvalue weighted by atomic mass is 32.1. The minimum Gasteiger partial charge on any atom is -0.316 e. The fraction of sp³-hybridized carbons (Fsp3) is 0.375. The number of hydrogen-bond acceptors (Lipinski definition) is 3. The Morgan fingerprint density at radius 1 is 1.54 bits per heavy atom. The van der Waals surface area contributed by atoms with Gasteiger partial charge < -0.3 is 5.73 Å². The molecular formula is C8H6F2N2S. The summed E-state index contributed by atoms with van der Waals surface area (Å²) in [5.41, 5.74) is 3.96. The second kappa shape index (κ2) is 2.28. The van der Waals surface area contributed by atoms with E-state index in [9.17, 15) is 8.78 Å². The standard InChI is InChI=1S/C8H6F2N2S/c9-8(10)4-7(8,12)6-2-1-5(3-11)13-6/h1-2H,4,12H2. The molecule has 1 aromatic heterocycles. The molecule has 2 N–H and O–H groups in total. The number of nitrogens with zero attached hydrogens (tertiary/aromatic N) is 1. The van der Waals surface area contributed by atoms with Crippen molar-refractivity contribution in [3.63, 3.8) is 0 Å². The van der Waals surface area contributed by atoms with Crippen LogP contribution in [0.4, 0.5) is 8.78 Å². The van der Waals surface area contributed by atoms with Gasteiger partial charge in [-0.15, -0.1) is 11.3 Å². The molecule has 0 saturated heterocycles. The number of hydrogen-bond donors (Lipinski definition) is 1. The molecule has 1 aliphatic rings. The summed E-state index contributed by atoms with van der Waals surface area (Å²) >= 11 is 1.04. The zero-order valence-corrected chi connectivity index (χ0v) is 7.37. The Hall–Kier alpha value is -0.990. The molecule has 0 bridgehead atoms. The number of nitrogens with two attached hydrogens (primary N) is 1. The third-order valence-corrected chi connectivity index (χ3v) is 3.35. The van der Waals surface area contributed by atoms with Crippen LogP contribution in [-0.2, 0) is 5.54 Å². The van der Waals surface area contributed by atoms with Crippen molar-refractivity contribution in [1.82, 2.24) is 0 Å². The molecule has 0 spiro atoms. The van der Waals surface area contributed by atoms with Crippen LogP contribution in [0.5, 0.6) is 0 Å². The molecule has 68 valence electrons. The van der Waals surface area contributed by atoms with Crippen LogP contribution in [0.15, 0.2) is 12.1 Å². The second-order valence-electron chi connectivity index (χ2n) is 3.13. The molecule has 1 atom stereocenters. The summed E-state index contributed by atoms with van der Waals surface area (Å²) in [6.45, 7) is 0. The first kappa shape index (κ1) is 8.60. The van der Waals surface area contributed by atoms with Crippen molar-refractivity contribution < 1.29 is 8.78 Å². The lowest BCUT2D eigenvalue weighted by atomic mass is 10.2. The Labute approximate surface area is 77.6 Å². The van der Waals surface area contributed by atoms with E-state index in [1.54, 1.807) is 0 Å². The summed E-state index contributed by atoms with van der Waals surface area (Å²) in [4.78, 5) is 0.816. The number of rotatable bonds is 1. The monoisotopic (exact) mass is 200 g/mol. The maximum Gasteiger partial charge on any atom is 0.273 e. The van der Waals surface area contributed by atoms with Crippen LogP contribution in [0.3, 0.4) is 0 Å². The molecule has 0 aliphatic heterocycles. The van der Waals surface area contributed by atoms with E-state index < -0.39 is 11.5 Å². The summed E-state index contributed by atoms with van der Waals surface area (Å²) in [6, 6.07) is 4.91. The lowest BCUT2D eigenvalue weighted by Gasteiger charge is -2.05. The minimum absolute atomic E-state index is 0.314. The van der Waals surface area contributed by atoms with Crippen LogP contribution in [0.2, 0.25) is 0 Å². The first-order valence-electron chi connectivity index (χ1n) is 3.67. The van der Waals surface area contributed by atoms with Crippen LogP contribution in [-0.4, -0.2) is 5.92 Å². The third kappa shape index (κ3) is 1.06. The van der Waals surface area contributed by atoms with E-state index >= 15 is 0 Å². The first-order chi connectivity index (χ1) is 5.99. The Bertz CT molecular complexity index is 393. The van der Waals surface area contributed by atoms with Gasteiger partial charge in [0.1, 0.15) is 16.5 Å². The molecule has 1 aliphatic carbocycles. The van der Waals surface area contributed by atoms with E-state index in [1.807, 2.05) is 6.07 Å². The van der Waals surface area contributed by atoms with Crippen molar-refractivity contribution in [2.75, 3.05) is 0 Å². The van der Waals surface area contributed by atoms with Crippen molar-refractivity contribution in [1.29, 1.82) is 5.26 Å². The van der Waals surface area contributed by atoms with Gasteiger partial charge in [-0.1, -0.05) is 0 Å². The van der Waals surface area contributed by atoms with E-state index in [1.165, 1.54) is 12.1 Å². The molecule has 1 saturated carbocycles. The van der Waals surface area contributed by atoms with Crippen molar-refractivity contribution in [3.8, 4) is 6.07 Å². The first-order valence-corrected chi connectivity index (χ1v) is 4.48. The molecule has 1 heterocycles. The highest BCUT2D eigenvalue weighted by Crippen LogP contribution is 2.58. The van der Waals surface area contributed by atoms with Gasteiger partial charge in [0.05, 0.1) is 0 Å². The summed E-state index contributed by atoms with van der Waals surface area (Å²) in [6.07, 6.45) is -0.314. The van der Waals surface area contributed by atoms with Crippen LogP contribution in [0.1, 0.15) is 16.2 Å². The normalized spacial score (nSPS) is 29.7. The molecule has 2 rings (SSSR count). The molecule has 0 radical (unpaired) electrons. The van der Waals surface area contributed by atoms with Crippen molar-refractivity contribution in [2.45, 2.75) is 17.9 Å². The maximum atomic E-state index is 12.8. The maximum absolute atomic E-state index is 12.8. The molecule has 13 heavy (non-hydrogen) atoms. The lowest BCUT2D eigenvalue weighted by molar-refractivity contribution is 0.0899. The van der Waals surface area contributed by atoms with Gasteiger partial charge in [-0.05, 0) is 12.1 Å². The van der Waals surface area contributed by atoms with Crippen LogP contribution in [0.25, 0.3) is 0 Å². The van der Waals surface area contributed by atoms with Gasteiger partial charge in [0.15, 0.2) is 0 Å². The van der Waals surface area contributed by atoms with Gasteiger partial charge in [-0.3, -0.25) is 0 Å². The van der Waals surface area contributed by atoms with E-state index in [0.717, 1.165) is 11.3 Å². The number of alkyl halides is 2. The van der Waals surface area contributed by atoms with Gasteiger partial charge in [-0.25, -0.2) is 8.78 Å². The van der Waals surface area contributed by atoms with E-state index in [2.05, 4.69) is 0 Å². The molecule has 1 unspecified atom stereocenters. The Kier molecular flexibility index (Phi) is 1.51. The van der Waals surface area contributed by atoms with Gasteiger partial charge >= 0.3 is 0 Å². The molecule has 1 fully saturated rings. The number of halogens is 2. The van der Waals surface area contributed by atoms with Gasteiger partial charge in [-0.2, -0.15) is 5.26 Å². The highest BCUT2D eigenvalue weighted by molar-refractivity contribution is 7.12. The summed E-state index contributed by atoms with van der Waals surface area (Å²) in [7, 11) is 0. The number of nitriles is 1. The Balaban J connectivity index is 2.34. The predicted molar refractivity (Wildman–Crippen MR) is 44.5 cm³/mol. The minimum atomic E-state index is -2.80. The molecule has 0 amide bonds. The van der Waals surface area contributed by atoms with Gasteiger partial charge in [0.25, 0.3) is 5.92 Å². The largest absolute Gasteiger partial charge is 0.316 e. The van der Waals surface area contributed by atoms with Crippen LogP contribution < -0.4 is 5.73 Å². The Morgan fingerprint density at radius 2 is 2.15 bits per heavy atom. The lowest BCUT2D eigenvalue weighted by Crippen LogP contribution is -2.25. The zero-order chi connectivity index (χ0) is 9.69. The smallest absolute Gasteiger partial charge is 0.273 e. The fourth-order valence-electron chi connectivity index (χ4n) is 1.21. The summed E-state index contributed by atoms with van der Waals surface area (Å²) in [5.74, 6) is -2.80. The average Bonchev–Trinajstić information content (AvgIpc) is 2.53. The SMILES string of the molecule is N#Cc1ccc(C2(N)CC2(F)F)s1. The Morgan fingerprint density at radius 3 is 2.54 bits per heavy atom.